The van der Waals surface area contributed by atoms with Crippen LogP contribution in [0.15, 0.2) is 29.2 Å². The van der Waals surface area contributed by atoms with Gasteiger partial charge in [-0.25, -0.2) is 17.6 Å². The lowest BCUT2D eigenvalue weighted by Gasteiger charge is -2.32. The first-order valence-corrected chi connectivity index (χ1v) is 7.69. The molecule has 1 saturated heterocycles. The summed E-state index contributed by atoms with van der Waals surface area (Å²) in [6, 6.07) is 6.37. The summed E-state index contributed by atoms with van der Waals surface area (Å²) < 4.78 is 39.7. The molecule has 1 N–H and O–H groups in total. The third kappa shape index (κ3) is 2.69. The summed E-state index contributed by atoms with van der Waals surface area (Å²) in [5.74, 6) is -1.52. The van der Waals surface area contributed by atoms with Crippen LogP contribution in [-0.4, -0.2) is 42.6 Å². The molecule has 0 atom stereocenters. The van der Waals surface area contributed by atoms with E-state index in [2.05, 4.69) is 0 Å². The first-order chi connectivity index (χ1) is 9.25. The molecule has 110 valence electrons. The second-order valence-corrected chi connectivity index (χ2v) is 6.93. The second-order valence-electron chi connectivity index (χ2n) is 4.99. The van der Waals surface area contributed by atoms with E-state index in [4.69, 9.17) is 5.11 Å². The normalized spacial score (nSPS) is 19.7. The van der Waals surface area contributed by atoms with Crippen molar-refractivity contribution in [1.82, 2.24) is 4.31 Å². The Hall–Kier alpha value is -1.47. The number of hydrogen-bond acceptors (Lipinski definition) is 3. The monoisotopic (exact) mass is 301 g/mol. The molecule has 1 aromatic rings. The zero-order chi connectivity index (χ0) is 15.0. The Morgan fingerprint density at radius 2 is 1.75 bits per heavy atom. The Kier molecular flexibility index (Phi) is 3.84. The number of alkyl halides is 1. The van der Waals surface area contributed by atoms with Gasteiger partial charge in [0.05, 0.1) is 4.90 Å². The van der Waals surface area contributed by atoms with Crippen LogP contribution < -0.4 is 0 Å². The number of aliphatic carboxylic acids is 1. The van der Waals surface area contributed by atoms with Crippen LogP contribution >= 0.6 is 0 Å². The van der Waals surface area contributed by atoms with Gasteiger partial charge in [0.15, 0.2) is 0 Å². The maximum Gasteiger partial charge on any atom is 0.341 e. The van der Waals surface area contributed by atoms with Crippen molar-refractivity contribution in [3.05, 3.63) is 29.8 Å². The third-order valence-electron chi connectivity index (χ3n) is 3.56. The average molecular weight is 301 g/mol. The van der Waals surface area contributed by atoms with Gasteiger partial charge in [-0.15, -0.1) is 0 Å². The van der Waals surface area contributed by atoms with Gasteiger partial charge >= 0.3 is 5.97 Å². The van der Waals surface area contributed by atoms with Crippen LogP contribution in [0.5, 0.6) is 0 Å². The second kappa shape index (κ2) is 5.14. The van der Waals surface area contributed by atoms with Crippen LogP contribution in [0.25, 0.3) is 0 Å². The molecular weight excluding hydrogens is 285 g/mol. The van der Waals surface area contributed by atoms with Crippen LogP contribution in [0, 0.1) is 6.92 Å². The number of carbonyl (C=O) groups is 1. The highest BCUT2D eigenvalue weighted by Crippen LogP contribution is 2.30. The van der Waals surface area contributed by atoms with Gasteiger partial charge < -0.3 is 5.11 Å². The van der Waals surface area contributed by atoms with E-state index in [0.717, 1.165) is 9.87 Å². The van der Waals surface area contributed by atoms with E-state index in [1.54, 1.807) is 12.1 Å². The zero-order valence-corrected chi connectivity index (χ0v) is 11.9. The molecule has 0 saturated carbocycles. The summed E-state index contributed by atoms with van der Waals surface area (Å²) in [4.78, 5) is 10.9. The minimum Gasteiger partial charge on any atom is -0.479 e. The highest BCUT2D eigenvalue weighted by molar-refractivity contribution is 7.89. The fraction of sp³-hybridized carbons (Fsp3) is 0.462. The summed E-state index contributed by atoms with van der Waals surface area (Å²) in [7, 11) is -3.68. The molecule has 0 aromatic heterocycles. The van der Waals surface area contributed by atoms with Crippen molar-refractivity contribution in [2.75, 3.05) is 13.1 Å². The van der Waals surface area contributed by atoms with E-state index in [9.17, 15) is 17.6 Å². The Bertz CT molecular complexity index is 604. The first kappa shape index (κ1) is 14.9. The average Bonchev–Trinajstić information content (AvgIpc) is 2.39. The van der Waals surface area contributed by atoms with Crippen molar-refractivity contribution in [3.63, 3.8) is 0 Å². The maximum absolute atomic E-state index is 13.9. The van der Waals surface area contributed by atoms with E-state index in [0.29, 0.717) is 0 Å². The lowest BCUT2D eigenvalue weighted by atomic mass is 9.95. The lowest BCUT2D eigenvalue weighted by Crippen LogP contribution is -2.48. The zero-order valence-electron chi connectivity index (χ0n) is 11.0. The fourth-order valence-electron chi connectivity index (χ4n) is 2.15. The van der Waals surface area contributed by atoms with Crippen LogP contribution in [0.4, 0.5) is 4.39 Å². The predicted molar refractivity (Wildman–Crippen MR) is 70.6 cm³/mol. The SMILES string of the molecule is Cc1ccc(S(=O)(=O)N2CCC(F)(C(=O)O)CC2)cc1. The molecule has 0 radical (unpaired) electrons. The van der Waals surface area contributed by atoms with Crippen LogP contribution in [0.1, 0.15) is 18.4 Å². The molecule has 0 aliphatic carbocycles. The smallest absolute Gasteiger partial charge is 0.341 e. The number of carboxylic acid groups (broad SMARTS) is 1. The Labute approximate surface area is 117 Å². The van der Waals surface area contributed by atoms with Gasteiger partial charge in [-0.1, -0.05) is 17.7 Å². The molecule has 0 amide bonds. The highest BCUT2D eigenvalue weighted by Gasteiger charge is 2.44. The van der Waals surface area contributed by atoms with Gasteiger partial charge in [-0.3, -0.25) is 0 Å². The van der Waals surface area contributed by atoms with Crippen LogP contribution in [0.3, 0.4) is 0 Å². The number of piperidine rings is 1. The molecule has 7 heteroatoms. The number of benzene rings is 1. The Morgan fingerprint density at radius 1 is 1.25 bits per heavy atom. The molecule has 1 aliphatic heterocycles. The molecular formula is C13H16FNO4S. The Balaban J connectivity index is 2.17. The van der Waals surface area contributed by atoms with Gasteiger partial charge in [-0.2, -0.15) is 4.31 Å². The number of nitrogens with zero attached hydrogens (tertiary/aromatic N) is 1. The number of halogens is 1. The fourth-order valence-corrected chi connectivity index (χ4v) is 3.60. The van der Waals surface area contributed by atoms with E-state index >= 15 is 0 Å². The molecule has 1 aliphatic rings. The van der Waals surface area contributed by atoms with Crippen molar-refractivity contribution in [1.29, 1.82) is 0 Å². The molecule has 1 heterocycles. The van der Waals surface area contributed by atoms with E-state index in [1.807, 2.05) is 6.92 Å². The molecule has 0 unspecified atom stereocenters. The third-order valence-corrected chi connectivity index (χ3v) is 5.47. The van der Waals surface area contributed by atoms with Crippen molar-refractivity contribution in [3.8, 4) is 0 Å². The summed E-state index contributed by atoms with van der Waals surface area (Å²) in [5.41, 5.74) is -1.38. The molecule has 0 spiro atoms. The minimum absolute atomic E-state index is 0.126. The molecule has 2 rings (SSSR count). The number of hydrogen-bond donors (Lipinski definition) is 1. The van der Waals surface area contributed by atoms with Crippen molar-refractivity contribution in [2.24, 2.45) is 0 Å². The van der Waals surface area contributed by atoms with Gasteiger partial charge in [0.2, 0.25) is 15.7 Å². The van der Waals surface area contributed by atoms with Crippen molar-refractivity contribution in [2.45, 2.75) is 30.3 Å². The lowest BCUT2D eigenvalue weighted by molar-refractivity contribution is -0.153. The van der Waals surface area contributed by atoms with E-state index < -0.39 is 21.7 Å². The molecule has 1 aromatic carbocycles. The topological polar surface area (TPSA) is 74.7 Å². The largest absolute Gasteiger partial charge is 0.479 e. The summed E-state index contributed by atoms with van der Waals surface area (Å²) in [6.07, 6.45) is -0.652. The van der Waals surface area contributed by atoms with E-state index in [-0.39, 0.29) is 30.8 Å². The summed E-state index contributed by atoms with van der Waals surface area (Å²) >= 11 is 0. The van der Waals surface area contributed by atoms with Gasteiger partial charge in [0, 0.05) is 25.9 Å². The summed E-state index contributed by atoms with van der Waals surface area (Å²) in [6.45, 7) is 1.60. The maximum atomic E-state index is 13.9. The van der Waals surface area contributed by atoms with E-state index in [1.165, 1.54) is 12.1 Å². The highest BCUT2D eigenvalue weighted by atomic mass is 32.2. The van der Waals surface area contributed by atoms with Crippen LogP contribution in [-0.2, 0) is 14.8 Å². The molecule has 5 nitrogen and oxygen atoms in total. The minimum atomic E-state index is -3.68. The molecule has 20 heavy (non-hydrogen) atoms. The quantitative estimate of drug-likeness (QED) is 0.919. The van der Waals surface area contributed by atoms with Gasteiger partial charge in [-0.05, 0) is 19.1 Å². The summed E-state index contributed by atoms with van der Waals surface area (Å²) in [5, 5.41) is 8.79. The number of carboxylic acids is 1. The van der Waals surface area contributed by atoms with Crippen molar-refractivity contribution >= 4 is 16.0 Å². The Morgan fingerprint density at radius 3 is 2.20 bits per heavy atom. The number of aryl methyl sites for hydroxylation is 1. The predicted octanol–water partition coefficient (Wildman–Crippen LogP) is 1.57. The standard InChI is InChI=1S/C13H16FNO4S/c1-10-2-4-11(5-3-10)20(18,19)15-8-6-13(14,7-9-15)12(16)17/h2-5H,6-9H2,1H3,(H,16,17). The van der Waals surface area contributed by atoms with Gasteiger partial charge in [0.25, 0.3) is 0 Å². The molecule has 1 fully saturated rings. The number of sulfonamides is 1. The van der Waals surface area contributed by atoms with Gasteiger partial charge in [0.1, 0.15) is 0 Å². The van der Waals surface area contributed by atoms with Crippen molar-refractivity contribution < 1.29 is 22.7 Å². The molecule has 0 bridgehead atoms. The first-order valence-electron chi connectivity index (χ1n) is 6.25. The van der Waals surface area contributed by atoms with Crippen LogP contribution in [0.2, 0.25) is 0 Å². The number of rotatable bonds is 3.